The molecule has 1 atom stereocenters. The molecule has 2 fully saturated rings. The lowest BCUT2D eigenvalue weighted by molar-refractivity contribution is -0.135. The number of carbonyl (C=O) groups excluding carboxylic acids is 3. The van der Waals surface area contributed by atoms with Gasteiger partial charge in [-0.25, -0.2) is 4.79 Å². The molecule has 0 aromatic heterocycles. The smallest absolute Gasteiger partial charge is 0.414 e. The van der Waals surface area contributed by atoms with Gasteiger partial charge in [0.2, 0.25) is 11.8 Å². The van der Waals surface area contributed by atoms with Crippen molar-refractivity contribution >= 4 is 23.6 Å². The quantitative estimate of drug-likeness (QED) is 0.769. The molecule has 0 aliphatic carbocycles. The zero-order valence-electron chi connectivity index (χ0n) is 15.2. The van der Waals surface area contributed by atoms with Crippen molar-refractivity contribution in [3.63, 3.8) is 0 Å². The summed E-state index contributed by atoms with van der Waals surface area (Å²) in [5, 5.41) is 8.95. The highest BCUT2D eigenvalue weighted by atomic mass is 16.6. The van der Waals surface area contributed by atoms with Crippen LogP contribution in [-0.4, -0.2) is 60.3 Å². The minimum Gasteiger partial charge on any atom is -0.444 e. The van der Waals surface area contributed by atoms with Crippen molar-refractivity contribution in [1.82, 2.24) is 4.90 Å². The molecular weight excluding hydrogens is 350 g/mol. The highest BCUT2D eigenvalue weighted by molar-refractivity contribution is 5.89. The predicted molar refractivity (Wildman–Crippen MR) is 98.1 cm³/mol. The van der Waals surface area contributed by atoms with Crippen molar-refractivity contribution in [2.45, 2.75) is 37.7 Å². The number of hydrogen-bond donors (Lipinski definition) is 2. The number of nitrogens with zero attached hydrogens (tertiary/aromatic N) is 2. The fraction of sp³-hybridized carbons (Fsp3) is 0.526. The van der Waals surface area contributed by atoms with Gasteiger partial charge in [-0.15, -0.1) is 0 Å². The number of nitrogens with two attached hydrogens (primary N) is 1. The van der Waals surface area contributed by atoms with Crippen LogP contribution in [0, 0.1) is 0 Å². The summed E-state index contributed by atoms with van der Waals surface area (Å²) < 4.78 is 5.29. The van der Waals surface area contributed by atoms with Crippen molar-refractivity contribution in [2.24, 2.45) is 5.73 Å². The Morgan fingerprint density at radius 2 is 1.85 bits per heavy atom. The van der Waals surface area contributed by atoms with Crippen molar-refractivity contribution in [3.05, 3.63) is 29.8 Å². The number of amides is 3. The van der Waals surface area contributed by atoms with E-state index in [-0.39, 0.29) is 18.4 Å². The van der Waals surface area contributed by atoms with Gasteiger partial charge in [0.25, 0.3) is 0 Å². The van der Waals surface area contributed by atoms with E-state index in [4.69, 9.17) is 15.6 Å². The zero-order chi connectivity index (χ0) is 19.4. The third-order valence-electron chi connectivity index (χ3n) is 5.25. The van der Waals surface area contributed by atoms with Crippen molar-refractivity contribution in [3.8, 4) is 0 Å². The Kier molecular flexibility index (Phi) is 5.95. The molecule has 0 spiro atoms. The first-order valence-electron chi connectivity index (χ1n) is 9.23. The van der Waals surface area contributed by atoms with Gasteiger partial charge in [-0.1, -0.05) is 12.1 Å². The van der Waals surface area contributed by atoms with Gasteiger partial charge in [-0.3, -0.25) is 14.5 Å². The molecule has 27 heavy (non-hydrogen) atoms. The Hall–Kier alpha value is -2.61. The van der Waals surface area contributed by atoms with Crippen LogP contribution in [0.25, 0.3) is 0 Å². The number of likely N-dealkylation sites (tertiary alicyclic amines) is 1. The summed E-state index contributed by atoms with van der Waals surface area (Å²) in [7, 11) is 0. The molecule has 3 N–H and O–H groups in total. The third-order valence-corrected chi connectivity index (χ3v) is 5.25. The van der Waals surface area contributed by atoms with E-state index in [0.717, 1.165) is 18.5 Å². The normalized spacial score (nSPS) is 20.6. The van der Waals surface area contributed by atoms with Crippen molar-refractivity contribution in [1.29, 1.82) is 0 Å². The Morgan fingerprint density at radius 1 is 1.19 bits per heavy atom. The maximum Gasteiger partial charge on any atom is 0.414 e. The van der Waals surface area contributed by atoms with Crippen LogP contribution < -0.4 is 10.6 Å². The van der Waals surface area contributed by atoms with Crippen LogP contribution in [-0.2, 0) is 14.3 Å². The number of primary amides is 1. The van der Waals surface area contributed by atoms with Crippen LogP contribution in [0.5, 0.6) is 0 Å². The Bertz CT molecular complexity index is 698. The van der Waals surface area contributed by atoms with Gasteiger partial charge in [0.05, 0.1) is 6.54 Å². The van der Waals surface area contributed by atoms with Crippen LogP contribution >= 0.6 is 0 Å². The second-order valence-corrected chi connectivity index (χ2v) is 7.03. The lowest BCUT2D eigenvalue weighted by Crippen LogP contribution is -2.39. The van der Waals surface area contributed by atoms with E-state index in [0.29, 0.717) is 32.0 Å². The standard InChI is InChI=1S/C19H25N3O5/c20-17(24)6-5-16-11-22(19(26)27-16)15-3-1-13(2-4-15)14-7-9-21(10-8-14)18(25)12-23/h1-4,14,16,23H,5-12H2,(H2,20,24). The highest BCUT2D eigenvalue weighted by Gasteiger charge is 2.32. The molecule has 1 aromatic carbocycles. The molecule has 2 heterocycles. The van der Waals surface area contributed by atoms with Gasteiger partial charge in [0, 0.05) is 25.2 Å². The first-order valence-corrected chi connectivity index (χ1v) is 9.23. The number of ether oxygens (including phenoxy) is 1. The second kappa shape index (κ2) is 8.39. The molecule has 0 saturated carbocycles. The van der Waals surface area contributed by atoms with Crippen LogP contribution in [0.1, 0.15) is 37.2 Å². The molecule has 0 bridgehead atoms. The largest absolute Gasteiger partial charge is 0.444 e. The Labute approximate surface area is 157 Å². The van der Waals surface area contributed by atoms with E-state index >= 15 is 0 Å². The van der Waals surface area contributed by atoms with E-state index in [9.17, 15) is 14.4 Å². The predicted octanol–water partition coefficient (Wildman–Crippen LogP) is 0.976. The van der Waals surface area contributed by atoms with Gasteiger partial charge in [-0.2, -0.15) is 0 Å². The van der Waals surface area contributed by atoms with Gasteiger partial charge >= 0.3 is 6.09 Å². The van der Waals surface area contributed by atoms with E-state index in [1.165, 1.54) is 5.56 Å². The van der Waals surface area contributed by atoms with Crippen LogP contribution in [0.15, 0.2) is 24.3 Å². The molecular formula is C19H25N3O5. The van der Waals surface area contributed by atoms with Gasteiger partial charge < -0.3 is 20.5 Å². The molecule has 8 nitrogen and oxygen atoms in total. The topological polar surface area (TPSA) is 113 Å². The monoisotopic (exact) mass is 375 g/mol. The summed E-state index contributed by atoms with van der Waals surface area (Å²) in [6.45, 7) is 1.26. The molecule has 2 saturated heterocycles. The summed E-state index contributed by atoms with van der Waals surface area (Å²) in [6, 6.07) is 7.82. The molecule has 0 radical (unpaired) electrons. The molecule has 2 aliphatic rings. The lowest BCUT2D eigenvalue weighted by Gasteiger charge is -2.32. The summed E-state index contributed by atoms with van der Waals surface area (Å²) >= 11 is 0. The lowest BCUT2D eigenvalue weighted by atomic mass is 9.89. The van der Waals surface area contributed by atoms with Gasteiger partial charge in [0.15, 0.2) is 0 Å². The average Bonchev–Trinajstić information content (AvgIpc) is 3.06. The maximum absolute atomic E-state index is 12.1. The highest BCUT2D eigenvalue weighted by Crippen LogP contribution is 2.30. The second-order valence-electron chi connectivity index (χ2n) is 7.03. The first kappa shape index (κ1) is 19.2. The van der Waals surface area contributed by atoms with E-state index in [1.54, 1.807) is 9.80 Å². The Morgan fingerprint density at radius 3 is 2.44 bits per heavy atom. The maximum atomic E-state index is 12.1. The molecule has 8 heteroatoms. The Balaban J connectivity index is 1.57. The van der Waals surface area contributed by atoms with Crippen LogP contribution in [0.3, 0.4) is 0 Å². The number of hydrogen-bond acceptors (Lipinski definition) is 5. The summed E-state index contributed by atoms with van der Waals surface area (Å²) in [5.74, 6) is -0.265. The number of benzene rings is 1. The van der Waals surface area contributed by atoms with E-state index in [2.05, 4.69) is 0 Å². The van der Waals surface area contributed by atoms with Crippen LogP contribution in [0.2, 0.25) is 0 Å². The molecule has 2 aliphatic heterocycles. The van der Waals surface area contributed by atoms with Gasteiger partial charge in [-0.05, 0) is 42.9 Å². The van der Waals surface area contributed by atoms with Crippen molar-refractivity contribution < 1.29 is 24.2 Å². The third kappa shape index (κ3) is 4.57. The van der Waals surface area contributed by atoms with Gasteiger partial charge in [0.1, 0.15) is 12.7 Å². The molecule has 146 valence electrons. The van der Waals surface area contributed by atoms with E-state index < -0.39 is 18.6 Å². The summed E-state index contributed by atoms with van der Waals surface area (Å²) in [4.78, 5) is 37.8. The fourth-order valence-electron chi connectivity index (χ4n) is 3.67. The van der Waals surface area contributed by atoms with Crippen LogP contribution in [0.4, 0.5) is 10.5 Å². The number of carbonyl (C=O) groups is 3. The number of anilines is 1. The number of rotatable bonds is 6. The average molecular weight is 375 g/mol. The summed E-state index contributed by atoms with van der Waals surface area (Å²) in [5.41, 5.74) is 7.08. The first-order chi connectivity index (χ1) is 13.0. The van der Waals surface area contributed by atoms with Crippen molar-refractivity contribution in [2.75, 3.05) is 31.1 Å². The molecule has 3 amide bonds. The molecule has 1 unspecified atom stereocenters. The molecule has 1 aromatic rings. The number of cyclic esters (lactones) is 1. The number of aliphatic hydroxyl groups excluding tert-OH is 1. The number of piperidine rings is 1. The molecule has 3 rings (SSSR count). The zero-order valence-corrected chi connectivity index (χ0v) is 15.2. The summed E-state index contributed by atoms with van der Waals surface area (Å²) in [6.07, 6.45) is 1.60. The SMILES string of the molecule is NC(=O)CCC1CN(c2ccc(C3CCN(C(=O)CO)CC3)cc2)C(=O)O1. The minimum absolute atomic E-state index is 0.197. The fourth-order valence-corrected chi connectivity index (χ4v) is 3.67. The minimum atomic E-state index is -0.439. The van der Waals surface area contributed by atoms with E-state index in [1.807, 2.05) is 24.3 Å². The number of aliphatic hydroxyl groups is 1.